The molecule has 21 heavy (non-hydrogen) atoms. The lowest BCUT2D eigenvalue weighted by atomic mass is 10.1. The maximum atomic E-state index is 12.5. The average Bonchev–Trinajstić information content (AvgIpc) is 2.65. The molecule has 1 aromatic rings. The molecule has 1 amide bonds. The van der Waals surface area contributed by atoms with Crippen LogP contribution in [0.15, 0.2) is 22.7 Å². The van der Waals surface area contributed by atoms with Gasteiger partial charge in [0.2, 0.25) is 0 Å². The van der Waals surface area contributed by atoms with Crippen molar-refractivity contribution >= 4 is 27.8 Å². The van der Waals surface area contributed by atoms with Crippen molar-refractivity contribution in [1.82, 2.24) is 4.90 Å². The number of benzene rings is 1. The Kier molecular flexibility index (Phi) is 4.42. The highest BCUT2D eigenvalue weighted by Gasteiger charge is 2.37. The Morgan fingerprint density at radius 3 is 2.67 bits per heavy atom. The van der Waals surface area contributed by atoms with E-state index >= 15 is 0 Å². The van der Waals surface area contributed by atoms with Gasteiger partial charge >= 0.3 is 5.97 Å². The molecule has 0 aromatic heterocycles. The minimum atomic E-state index is -0.552. The molecule has 114 valence electrons. The van der Waals surface area contributed by atoms with Crippen molar-refractivity contribution in [3.63, 3.8) is 0 Å². The molecule has 1 aliphatic rings. The monoisotopic (exact) mass is 353 g/mol. The molecule has 4 nitrogen and oxygen atoms in total. The van der Waals surface area contributed by atoms with Crippen LogP contribution >= 0.6 is 15.9 Å². The Bertz CT molecular complexity index is 577. The zero-order valence-corrected chi connectivity index (χ0v) is 14.4. The van der Waals surface area contributed by atoms with Gasteiger partial charge in [-0.05, 0) is 51.0 Å². The highest BCUT2D eigenvalue weighted by Crippen LogP contribution is 2.29. The van der Waals surface area contributed by atoms with E-state index in [4.69, 9.17) is 4.74 Å². The van der Waals surface area contributed by atoms with Gasteiger partial charge in [0.05, 0.1) is 0 Å². The lowest BCUT2D eigenvalue weighted by molar-refractivity contribution is -0.160. The van der Waals surface area contributed by atoms with E-state index in [-0.39, 0.29) is 11.9 Å². The Morgan fingerprint density at radius 2 is 2.10 bits per heavy atom. The number of esters is 1. The number of hydrogen-bond acceptors (Lipinski definition) is 3. The number of amides is 1. The predicted molar refractivity (Wildman–Crippen MR) is 83.9 cm³/mol. The maximum absolute atomic E-state index is 12.5. The SMILES string of the molecule is CC[C@@H](C(=O)OC(C)(C)C)N1Cc2cc(Br)ccc2C1=O. The second-order valence-electron chi connectivity index (χ2n) is 6.19. The Balaban J connectivity index is 2.22. The number of fused-ring (bicyclic) bond motifs is 1. The summed E-state index contributed by atoms with van der Waals surface area (Å²) in [4.78, 5) is 26.4. The molecule has 1 aliphatic heterocycles. The molecule has 0 bridgehead atoms. The van der Waals surface area contributed by atoms with E-state index in [2.05, 4.69) is 15.9 Å². The summed E-state index contributed by atoms with van der Waals surface area (Å²) in [6.45, 7) is 7.83. The summed E-state index contributed by atoms with van der Waals surface area (Å²) in [7, 11) is 0. The summed E-state index contributed by atoms with van der Waals surface area (Å²) in [5, 5.41) is 0. The van der Waals surface area contributed by atoms with Gasteiger partial charge in [-0.15, -0.1) is 0 Å². The fraction of sp³-hybridized carbons (Fsp3) is 0.500. The van der Waals surface area contributed by atoms with Gasteiger partial charge in [0.25, 0.3) is 5.91 Å². The first-order chi connectivity index (χ1) is 9.73. The van der Waals surface area contributed by atoms with Crippen molar-refractivity contribution in [2.24, 2.45) is 0 Å². The van der Waals surface area contributed by atoms with Gasteiger partial charge in [0.15, 0.2) is 0 Å². The van der Waals surface area contributed by atoms with Crippen LogP contribution in [0.1, 0.15) is 50.0 Å². The van der Waals surface area contributed by atoms with Gasteiger partial charge in [-0.3, -0.25) is 4.79 Å². The quantitative estimate of drug-likeness (QED) is 0.781. The van der Waals surface area contributed by atoms with Crippen molar-refractivity contribution in [3.8, 4) is 0 Å². The highest BCUT2D eigenvalue weighted by atomic mass is 79.9. The van der Waals surface area contributed by atoms with Crippen LogP contribution in [0.3, 0.4) is 0 Å². The maximum Gasteiger partial charge on any atom is 0.329 e. The molecular weight excluding hydrogens is 334 g/mol. The van der Waals surface area contributed by atoms with Crippen molar-refractivity contribution in [3.05, 3.63) is 33.8 Å². The molecule has 1 atom stereocenters. The van der Waals surface area contributed by atoms with Gasteiger partial charge in [-0.2, -0.15) is 0 Å². The largest absolute Gasteiger partial charge is 0.458 e. The lowest BCUT2D eigenvalue weighted by Crippen LogP contribution is -2.44. The minimum absolute atomic E-state index is 0.102. The van der Waals surface area contributed by atoms with Gasteiger partial charge in [0, 0.05) is 16.6 Å². The summed E-state index contributed by atoms with van der Waals surface area (Å²) in [5.74, 6) is -0.444. The molecule has 5 heteroatoms. The molecule has 1 heterocycles. The third kappa shape index (κ3) is 3.46. The standard InChI is InChI=1S/C16H20BrNO3/c1-5-13(15(20)21-16(2,3)4)18-9-10-8-11(17)6-7-12(10)14(18)19/h6-8,13H,5,9H2,1-4H3/t13-/m0/s1. The second kappa shape index (κ2) is 5.79. The molecule has 0 radical (unpaired) electrons. The first kappa shape index (κ1) is 16.0. The molecule has 0 fully saturated rings. The topological polar surface area (TPSA) is 46.6 Å². The number of hydrogen-bond donors (Lipinski definition) is 0. The summed E-state index contributed by atoms with van der Waals surface area (Å²) in [6, 6.07) is 5.02. The molecule has 0 unspecified atom stereocenters. The van der Waals surface area contributed by atoms with E-state index in [1.165, 1.54) is 0 Å². The number of rotatable bonds is 3. The van der Waals surface area contributed by atoms with E-state index in [9.17, 15) is 9.59 Å². The zero-order chi connectivity index (χ0) is 15.8. The molecule has 1 aromatic carbocycles. The third-order valence-corrected chi connectivity index (χ3v) is 3.83. The Hall–Kier alpha value is -1.36. The highest BCUT2D eigenvalue weighted by molar-refractivity contribution is 9.10. The fourth-order valence-corrected chi connectivity index (χ4v) is 2.86. The normalized spacial score (nSPS) is 15.9. The summed E-state index contributed by atoms with van der Waals surface area (Å²) < 4.78 is 6.36. The first-order valence-electron chi connectivity index (χ1n) is 7.05. The van der Waals surface area contributed by atoms with Crippen LogP contribution < -0.4 is 0 Å². The first-order valence-corrected chi connectivity index (χ1v) is 7.84. The molecule has 0 spiro atoms. The number of carbonyl (C=O) groups excluding carboxylic acids is 2. The number of ether oxygens (including phenoxy) is 1. The van der Waals surface area contributed by atoms with Crippen LogP contribution in [-0.2, 0) is 16.1 Å². The van der Waals surface area contributed by atoms with Gasteiger partial charge in [-0.25, -0.2) is 4.79 Å². The Labute approximate surface area is 133 Å². The average molecular weight is 354 g/mol. The van der Waals surface area contributed by atoms with E-state index in [1.807, 2.05) is 39.8 Å². The van der Waals surface area contributed by atoms with Crippen molar-refractivity contribution in [2.45, 2.75) is 52.3 Å². The van der Waals surface area contributed by atoms with Crippen LogP contribution in [0.4, 0.5) is 0 Å². The number of nitrogens with zero attached hydrogens (tertiary/aromatic N) is 1. The molecule has 0 saturated heterocycles. The zero-order valence-electron chi connectivity index (χ0n) is 12.8. The van der Waals surface area contributed by atoms with Crippen LogP contribution in [-0.4, -0.2) is 28.4 Å². The summed E-state index contributed by atoms with van der Waals surface area (Å²) in [6.07, 6.45) is 0.538. The van der Waals surface area contributed by atoms with Crippen LogP contribution in [0, 0.1) is 0 Å². The van der Waals surface area contributed by atoms with Crippen molar-refractivity contribution in [2.75, 3.05) is 0 Å². The van der Waals surface area contributed by atoms with E-state index in [1.54, 1.807) is 11.0 Å². The smallest absolute Gasteiger partial charge is 0.329 e. The second-order valence-corrected chi connectivity index (χ2v) is 7.11. The third-order valence-electron chi connectivity index (χ3n) is 3.34. The van der Waals surface area contributed by atoms with Gasteiger partial charge < -0.3 is 9.64 Å². The van der Waals surface area contributed by atoms with Gasteiger partial charge in [0.1, 0.15) is 11.6 Å². The van der Waals surface area contributed by atoms with Crippen LogP contribution in [0.25, 0.3) is 0 Å². The Morgan fingerprint density at radius 1 is 1.43 bits per heavy atom. The summed E-state index contributed by atoms with van der Waals surface area (Å²) in [5.41, 5.74) is 1.06. The molecule has 0 N–H and O–H groups in total. The van der Waals surface area contributed by atoms with Crippen molar-refractivity contribution < 1.29 is 14.3 Å². The van der Waals surface area contributed by atoms with Crippen molar-refractivity contribution in [1.29, 1.82) is 0 Å². The summed E-state index contributed by atoms with van der Waals surface area (Å²) >= 11 is 3.41. The lowest BCUT2D eigenvalue weighted by Gasteiger charge is -2.29. The molecular formula is C16H20BrNO3. The molecule has 2 rings (SSSR count). The van der Waals surface area contributed by atoms with Crippen LogP contribution in [0.5, 0.6) is 0 Å². The molecule has 0 saturated carbocycles. The molecule has 0 aliphatic carbocycles. The van der Waals surface area contributed by atoms with E-state index in [0.29, 0.717) is 18.5 Å². The fourth-order valence-electron chi connectivity index (χ4n) is 2.45. The predicted octanol–water partition coefficient (Wildman–Crippen LogP) is 3.53. The van der Waals surface area contributed by atoms with Crippen LogP contribution in [0.2, 0.25) is 0 Å². The number of halogens is 1. The van der Waals surface area contributed by atoms with Gasteiger partial charge in [-0.1, -0.05) is 22.9 Å². The van der Waals surface area contributed by atoms with E-state index < -0.39 is 11.6 Å². The minimum Gasteiger partial charge on any atom is -0.458 e. The van der Waals surface area contributed by atoms with E-state index in [0.717, 1.165) is 10.0 Å². The number of carbonyl (C=O) groups is 2.